The van der Waals surface area contributed by atoms with Crippen molar-refractivity contribution < 1.29 is 9.18 Å². The van der Waals surface area contributed by atoms with Crippen LogP contribution < -0.4 is 5.32 Å². The molecule has 172 valence electrons. The second kappa shape index (κ2) is 10.5. The fourth-order valence-electron chi connectivity index (χ4n) is 4.22. The van der Waals surface area contributed by atoms with Crippen molar-refractivity contribution in [3.63, 3.8) is 0 Å². The van der Waals surface area contributed by atoms with Crippen LogP contribution in [0.5, 0.6) is 0 Å². The number of carbonyl (C=O) groups is 1. The van der Waals surface area contributed by atoms with Crippen LogP contribution in [0.1, 0.15) is 35.7 Å². The summed E-state index contributed by atoms with van der Waals surface area (Å²) in [6, 6.07) is 10.7. The van der Waals surface area contributed by atoms with Crippen LogP contribution in [0.4, 0.5) is 15.9 Å². The molecular weight excluding hydrogens is 419 g/mol. The highest BCUT2D eigenvalue weighted by atomic mass is 19.1. The summed E-state index contributed by atoms with van der Waals surface area (Å²) in [5, 5.41) is 3.29. The molecule has 0 aliphatic carbocycles. The van der Waals surface area contributed by atoms with Crippen molar-refractivity contribution in [1.82, 2.24) is 24.8 Å². The minimum Gasteiger partial charge on any atom is -0.342 e. The van der Waals surface area contributed by atoms with E-state index in [9.17, 15) is 9.18 Å². The van der Waals surface area contributed by atoms with Crippen LogP contribution in [0, 0.1) is 12.7 Å². The molecule has 0 bridgehead atoms. The first-order valence-corrected chi connectivity index (χ1v) is 11.2. The molecule has 2 aromatic heterocycles. The largest absolute Gasteiger partial charge is 0.342 e. The van der Waals surface area contributed by atoms with Crippen LogP contribution >= 0.6 is 0 Å². The topological polar surface area (TPSA) is 74.2 Å². The van der Waals surface area contributed by atoms with Gasteiger partial charge in [-0.15, -0.1) is 0 Å². The Morgan fingerprint density at radius 1 is 1.21 bits per heavy atom. The Morgan fingerprint density at radius 3 is 2.73 bits per heavy atom. The molecule has 1 aromatic carbocycles. The lowest BCUT2D eigenvalue weighted by Gasteiger charge is -2.33. The number of hydrogen-bond acceptors (Lipinski definition) is 6. The summed E-state index contributed by atoms with van der Waals surface area (Å²) in [6.07, 6.45) is 6.70. The van der Waals surface area contributed by atoms with Gasteiger partial charge in [0.1, 0.15) is 11.6 Å². The monoisotopic (exact) mass is 448 g/mol. The molecule has 0 saturated carbocycles. The maximum Gasteiger partial charge on any atom is 0.236 e. The Hall–Kier alpha value is -3.39. The van der Waals surface area contributed by atoms with Gasteiger partial charge in [-0.3, -0.25) is 19.7 Å². The van der Waals surface area contributed by atoms with E-state index in [-0.39, 0.29) is 18.3 Å². The highest BCUT2D eigenvalue weighted by Crippen LogP contribution is 2.29. The Balaban J connectivity index is 1.32. The minimum absolute atomic E-state index is 0.0782. The predicted octanol–water partition coefficient (Wildman–Crippen LogP) is 3.90. The van der Waals surface area contributed by atoms with Gasteiger partial charge in [-0.1, -0.05) is 18.2 Å². The standard InChI is InChI=1S/C25H29FN6O/c1-18-13-21(30-24-15-27-9-10-28-24)14-23(29-18)19-7-11-32(12-8-19)25(33)17-31(2)16-20-5-3-4-6-22(20)26/h3-6,9-10,13-15,19H,7-8,11-12,16-17H2,1-2H3,(H,28,29,30). The van der Waals surface area contributed by atoms with E-state index >= 15 is 0 Å². The van der Waals surface area contributed by atoms with E-state index in [0.717, 1.165) is 29.9 Å². The summed E-state index contributed by atoms with van der Waals surface area (Å²) in [7, 11) is 1.85. The first-order chi connectivity index (χ1) is 16.0. The summed E-state index contributed by atoms with van der Waals surface area (Å²) >= 11 is 0. The van der Waals surface area contributed by atoms with E-state index in [0.29, 0.717) is 36.9 Å². The Kier molecular flexibility index (Phi) is 7.24. The number of nitrogens with zero attached hydrogens (tertiary/aromatic N) is 5. The normalized spacial score (nSPS) is 14.5. The average Bonchev–Trinajstić information content (AvgIpc) is 2.81. The molecule has 3 aromatic rings. The lowest BCUT2D eigenvalue weighted by molar-refractivity contribution is -0.133. The van der Waals surface area contributed by atoms with Crippen LogP contribution in [0.2, 0.25) is 0 Å². The molecule has 0 spiro atoms. The first-order valence-electron chi connectivity index (χ1n) is 11.2. The van der Waals surface area contributed by atoms with Crippen molar-refractivity contribution in [3.8, 4) is 0 Å². The van der Waals surface area contributed by atoms with E-state index in [1.807, 2.05) is 35.9 Å². The van der Waals surface area contributed by atoms with Crippen molar-refractivity contribution >= 4 is 17.4 Å². The maximum atomic E-state index is 13.9. The molecule has 1 aliphatic rings. The second-order valence-electron chi connectivity index (χ2n) is 8.56. The second-order valence-corrected chi connectivity index (χ2v) is 8.56. The summed E-state index contributed by atoms with van der Waals surface area (Å²) in [4.78, 5) is 29.7. The zero-order valence-corrected chi connectivity index (χ0v) is 19.0. The number of benzene rings is 1. The highest BCUT2D eigenvalue weighted by molar-refractivity contribution is 5.78. The van der Waals surface area contributed by atoms with Crippen LogP contribution in [0.15, 0.2) is 55.0 Å². The molecular formula is C25H29FN6O. The fraction of sp³-hybridized carbons (Fsp3) is 0.360. The molecule has 1 aliphatic heterocycles. The van der Waals surface area contributed by atoms with Crippen molar-refractivity contribution in [2.75, 3.05) is 32.0 Å². The van der Waals surface area contributed by atoms with Gasteiger partial charge >= 0.3 is 0 Å². The average molecular weight is 449 g/mol. The third kappa shape index (κ3) is 6.10. The zero-order chi connectivity index (χ0) is 23.2. The molecule has 4 rings (SSSR count). The number of nitrogens with one attached hydrogen (secondary N) is 1. The predicted molar refractivity (Wildman–Crippen MR) is 126 cm³/mol. The number of pyridine rings is 1. The van der Waals surface area contributed by atoms with Gasteiger partial charge in [-0.2, -0.15) is 0 Å². The quantitative estimate of drug-likeness (QED) is 0.591. The van der Waals surface area contributed by atoms with Crippen molar-refractivity contribution in [2.24, 2.45) is 0 Å². The summed E-state index contributed by atoms with van der Waals surface area (Å²) < 4.78 is 13.9. The van der Waals surface area contributed by atoms with Crippen molar-refractivity contribution in [2.45, 2.75) is 32.2 Å². The van der Waals surface area contributed by atoms with E-state index in [4.69, 9.17) is 4.98 Å². The number of rotatable bonds is 7. The molecule has 33 heavy (non-hydrogen) atoms. The molecule has 1 amide bonds. The number of aromatic nitrogens is 3. The number of anilines is 2. The third-order valence-corrected chi connectivity index (χ3v) is 5.88. The number of likely N-dealkylation sites (N-methyl/N-ethyl adjacent to an activating group) is 1. The van der Waals surface area contributed by atoms with E-state index < -0.39 is 0 Å². The van der Waals surface area contributed by atoms with Crippen molar-refractivity contribution in [1.29, 1.82) is 0 Å². The molecule has 0 atom stereocenters. The molecule has 1 N–H and O–H groups in total. The van der Waals surface area contributed by atoms with Crippen molar-refractivity contribution in [3.05, 3.63) is 77.8 Å². The van der Waals surface area contributed by atoms with E-state index in [2.05, 4.69) is 21.4 Å². The first kappa shape index (κ1) is 22.8. The van der Waals surface area contributed by atoms with Crippen LogP contribution in [0.25, 0.3) is 0 Å². The molecule has 0 unspecified atom stereocenters. The SMILES string of the molecule is Cc1cc(Nc2cnccn2)cc(C2CCN(C(=O)CN(C)Cc3ccccc3F)CC2)n1. The molecule has 1 saturated heterocycles. The maximum absolute atomic E-state index is 13.9. The van der Waals surface area contributed by atoms with Gasteiger partial charge < -0.3 is 10.2 Å². The summed E-state index contributed by atoms with van der Waals surface area (Å²) in [5.74, 6) is 0.826. The van der Waals surface area contributed by atoms with Gasteiger partial charge in [-0.25, -0.2) is 9.37 Å². The van der Waals surface area contributed by atoms with Crippen LogP contribution in [-0.4, -0.2) is 57.3 Å². The van der Waals surface area contributed by atoms with Crippen LogP contribution in [0.3, 0.4) is 0 Å². The lowest BCUT2D eigenvalue weighted by Crippen LogP contribution is -2.43. The summed E-state index contributed by atoms with van der Waals surface area (Å²) in [5.41, 5.74) is 3.51. The Labute approximate surface area is 193 Å². The number of likely N-dealkylation sites (tertiary alicyclic amines) is 1. The van der Waals surface area contributed by atoms with E-state index in [1.165, 1.54) is 6.07 Å². The zero-order valence-electron chi connectivity index (χ0n) is 19.0. The van der Waals surface area contributed by atoms with Gasteiger partial charge in [0.2, 0.25) is 5.91 Å². The van der Waals surface area contributed by atoms with Gasteiger partial charge in [0, 0.05) is 60.6 Å². The Bertz CT molecular complexity index is 1090. The number of amides is 1. The number of carbonyl (C=O) groups excluding carboxylic acids is 1. The Morgan fingerprint density at radius 2 is 2.00 bits per heavy atom. The van der Waals surface area contributed by atoms with Crippen LogP contribution in [-0.2, 0) is 11.3 Å². The number of halogens is 1. The molecule has 3 heterocycles. The van der Waals surface area contributed by atoms with Gasteiger partial charge in [-0.05, 0) is 45.0 Å². The van der Waals surface area contributed by atoms with E-state index in [1.54, 1.807) is 30.7 Å². The number of piperidine rings is 1. The van der Waals surface area contributed by atoms with Gasteiger partial charge in [0.15, 0.2) is 0 Å². The smallest absolute Gasteiger partial charge is 0.236 e. The molecule has 8 heteroatoms. The number of aryl methyl sites for hydroxylation is 1. The highest BCUT2D eigenvalue weighted by Gasteiger charge is 2.25. The third-order valence-electron chi connectivity index (χ3n) is 5.88. The lowest BCUT2D eigenvalue weighted by atomic mass is 9.92. The molecule has 1 fully saturated rings. The summed E-state index contributed by atoms with van der Waals surface area (Å²) in [6.45, 7) is 4.05. The van der Waals surface area contributed by atoms with Gasteiger partial charge in [0.05, 0.1) is 12.7 Å². The minimum atomic E-state index is -0.239. The van der Waals surface area contributed by atoms with Gasteiger partial charge in [0.25, 0.3) is 0 Å². The fourth-order valence-corrected chi connectivity index (χ4v) is 4.22. The number of hydrogen-bond donors (Lipinski definition) is 1. The molecule has 0 radical (unpaired) electrons. The molecule has 7 nitrogen and oxygen atoms in total.